The molecule has 1 aromatic carbocycles. The van der Waals surface area contributed by atoms with Crippen LogP contribution in [0.1, 0.15) is 25.3 Å². The van der Waals surface area contributed by atoms with E-state index in [0.717, 1.165) is 50.4 Å². The zero-order valence-electron chi connectivity index (χ0n) is 10.9. The molecule has 0 unspecified atom stereocenters. The molecule has 3 nitrogen and oxygen atoms in total. The van der Waals surface area contributed by atoms with Crippen molar-refractivity contribution < 1.29 is 4.74 Å². The predicted octanol–water partition coefficient (Wildman–Crippen LogP) is 2.81. The number of rotatable bonds is 4. The molecule has 0 aliphatic carbocycles. The molecule has 0 amide bonds. The topological polar surface area (TPSA) is 36.3 Å². The third-order valence-electron chi connectivity index (χ3n) is 3.54. The van der Waals surface area contributed by atoms with Crippen LogP contribution in [-0.4, -0.2) is 26.3 Å². The summed E-state index contributed by atoms with van der Waals surface area (Å²) in [5, 5.41) is 9.12. The van der Waals surface area contributed by atoms with Crippen molar-refractivity contribution >= 4 is 5.69 Å². The first-order valence-corrected chi connectivity index (χ1v) is 6.67. The lowest BCUT2D eigenvalue weighted by Crippen LogP contribution is -2.35. The Labute approximate surface area is 109 Å². The highest BCUT2D eigenvalue weighted by Gasteiger charge is 2.20. The van der Waals surface area contributed by atoms with Gasteiger partial charge in [0.05, 0.1) is 11.3 Å². The summed E-state index contributed by atoms with van der Waals surface area (Å²) in [6.07, 6.45) is 2.31. The summed E-state index contributed by atoms with van der Waals surface area (Å²) in [5.74, 6) is 0.676. The molecule has 1 aliphatic heterocycles. The summed E-state index contributed by atoms with van der Waals surface area (Å²) in [6.45, 7) is 5.77. The molecule has 0 bridgehead atoms. The number of nitriles is 1. The van der Waals surface area contributed by atoms with E-state index in [2.05, 4.69) is 11.0 Å². The van der Waals surface area contributed by atoms with Gasteiger partial charge in [-0.25, -0.2) is 0 Å². The monoisotopic (exact) mass is 244 g/mol. The minimum Gasteiger partial charge on any atom is -0.381 e. The van der Waals surface area contributed by atoms with Crippen molar-refractivity contribution in [2.75, 3.05) is 31.2 Å². The molecule has 1 fully saturated rings. The first-order valence-electron chi connectivity index (χ1n) is 6.67. The molecule has 0 atom stereocenters. The third-order valence-corrected chi connectivity index (χ3v) is 3.54. The molecule has 2 rings (SSSR count). The number of nitrogens with zero attached hydrogens (tertiary/aromatic N) is 2. The number of benzene rings is 1. The maximum absolute atomic E-state index is 9.12. The van der Waals surface area contributed by atoms with E-state index in [1.807, 2.05) is 31.2 Å². The van der Waals surface area contributed by atoms with Crippen molar-refractivity contribution in [3.8, 4) is 6.07 Å². The number of anilines is 1. The second-order valence-electron chi connectivity index (χ2n) is 4.72. The fourth-order valence-electron chi connectivity index (χ4n) is 2.47. The summed E-state index contributed by atoms with van der Waals surface area (Å²) in [5.41, 5.74) is 1.86. The Balaban J connectivity index is 1.95. The molecule has 0 saturated carbocycles. The van der Waals surface area contributed by atoms with Crippen molar-refractivity contribution in [3.63, 3.8) is 0 Å². The molecule has 96 valence electrons. The molecule has 1 heterocycles. The zero-order valence-corrected chi connectivity index (χ0v) is 10.9. The van der Waals surface area contributed by atoms with Crippen LogP contribution in [0.15, 0.2) is 24.3 Å². The third kappa shape index (κ3) is 3.02. The van der Waals surface area contributed by atoms with E-state index in [-0.39, 0.29) is 0 Å². The van der Waals surface area contributed by atoms with Crippen LogP contribution in [0.4, 0.5) is 5.69 Å². The van der Waals surface area contributed by atoms with Crippen molar-refractivity contribution in [3.05, 3.63) is 29.8 Å². The van der Waals surface area contributed by atoms with E-state index < -0.39 is 0 Å². The normalized spacial score (nSPS) is 16.6. The second kappa shape index (κ2) is 6.42. The van der Waals surface area contributed by atoms with Crippen LogP contribution in [-0.2, 0) is 4.74 Å². The van der Waals surface area contributed by atoms with Gasteiger partial charge in [0.1, 0.15) is 6.07 Å². The first-order chi connectivity index (χ1) is 8.85. The Bertz CT molecular complexity index is 417. The molecule has 1 saturated heterocycles. The SMILES string of the molecule is CCOCC1CCN(c2ccccc2C#N)CC1. The van der Waals surface area contributed by atoms with Gasteiger partial charge in [0.25, 0.3) is 0 Å². The van der Waals surface area contributed by atoms with Gasteiger partial charge in [0.15, 0.2) is 0 Å². The molecule has 0 spiro atoms. The van der Waals surface area contributed by atoms with Crippen LogP contribution in [0.2, 0.25) is 0 Å². The van der Waals surface area contributed by atoms with E-state index in [1.54, 1.807) is 0 Å². The molecule has 0 N–H and O–H groups in total. The Morgan fingerprint density at radius 1 is 1.33 bits per heavy atom. The van der Waals surface area contributed by atoms with Crippen LogP contribution >= 0.6 is 0 Å². The molecule has 0 radical (unpaired) electrons. The summed E-state index contributed by atoms with van der Waals surface area (Å²) in [4.78, 5) is 2.32. The van der Waals surface area contributed by atoms with E-state index in [1.165, 1.54) is 0 Å². The highest BCUT2D eigenvalue weighted by Crippen LogP contribution is 2.26. The van der Waals surface area contributed by atoms with E-state index in [4.69, 9.17) is 10.00 Å². The van der Waals surface area contributed by atoms with E-state index in [0.29, 0.717) is 5.92 Å². The number of hydrogen-bond acceptors (Lipinski definition) is 3. The van der Waals surface area contributed by atoms with Crippen molar-refractivity contribution in [2.24, 2.45) is 5.92 Å². The summed E-state index contributed by atoms with van der Waals surface area (Å²) >= 11 is 0. The zero-order chi connectivity index (χ0) is 12.8. The maximum Gasteiger partial charge on any atom is 0.101 e. The summed E-state index contributed by atoms with van der Waals surface area (Å²) in [6, 6.07) is 10.1. The molecule has 18 heavy (non-hydrogen) atoms. The predicted molar refractivity (Wildman–Crippen MR) is 72.6 cm³/mol. The van der Waals surface area contributed by atoms with Crippen molar-refractivity contribution in [2.45, 2.75) is 19.8 Å². The van der Waals surface area contributed by atoms with Gasteiger partial charge in [0, 0.05) is 26.3 Å². The van der Waals surface area contributed by atoms with Crippen LogP contribution < -0.4 is 4.90 Å². The van der Waals surface area contributed by atoms with Gasteiger partial charge in [-0.1, -0.05) is 12.1 Å². The average molecular weight is 244 g/mol. The first kappa shape index (κ1) is 12.9. The number of hydrogen-bond donors (Lipinski definition) is 0. The lowest BCUT2D eigenvalue weighted by Gasteiger charge is -2.33. The Morgan fingerprint density at radius 3 is 2.72 bits per heavy atom. The Morgan fingerprint density at radius 2 is 2.06 bits per heavy atom. The maximum atomic E-state index is 9.12. The van der Waals surface area contributed by atoms with Gasteiger partial charge < -0.3 is 9.64 Å². The minimum atomic E-state index is 0.676. The van der Waals surface area contributed by atoms with Gasteiger partial charge >= 0.3 is 0 Å². The summed E-state index contributed by atoms with van der Waals surface area (Å²) in [7, 11) is 0. The lowest BCUT2D eigenvalue weighted by atomic mass is 9.97. The van der Waals surface area contributed by atoms with Gasteiger partial charge in [0.2, 0.25) is 0 Å². The van der Waals surface area contributed by atoms with E-state index >= 15 is 0 Å². The van der Waals surface area contributed by atoms with Crippen LogP contribution in [0.3, 0.4) is 0 Å². The molecule has 1 aromatic rings. The van der Waals surface area contributed by atoms with Crippen LogP contribution in [0.5, 0.6) is 0 Å². The second-order valence-corrected chi connectivity index (χ2v) is 4.72. The fourth-order valence-corrected chi connectivity index (χ4v) is 2.47. The molecular weight excluding hydrogens is 224 g/mol. The smallest absolute Gasteiger partial charge is 0.101 e. The van der Waals surface area contributed by atoms with Crippen molar-refractivity contribution in [1.29, 1.82) is 5.26 Å². The Hall–Kier alpha value is -1.53. The highest BCUT2D eigenvalue weighted by molar-refractivity contribution is 5.59. The van der Waals surface area contributed by atoms with Crippen LogP contribution in [0, 0.1) is 17.2 Å². The Kier molecular flexibility index (Phi) is 4.60. The standard InChI is InChI=1S/C15H20N2O/c1-2-18-12-13-7-9-17(10-8-13)15-6-4-3-5-14(15)11-16/h3-6,13H,2,7-10,12H2,1H3. The number of ether oxygens (including phenoxy) is 1. The lowest BCUT2D eigenvalue weighted by molar-refractivity contribution is 0.100. The minimum absolute atomic E-state index is 0.676. The largest absolute Gasteiger partial charge is 0.381 e. The molecule has 0 aromatic heterocycles. The van der Waals surface area contributed by atoms with Crippen molar-refractivity contribution in [1.82, 2.24) is 0 Å². The number of para-hydroxylation sites is 1. The van der Waals surface area contributed by atoms with Gasteiger partial charge in [-0.15, -0.1) is 0 Å². The van der Waals surface area contributed by atoms with Gasteiger partial charge in [-0.2, -0.15) is 5.26 Å². The van der Waals surface area contributed by atoms with E-state index in [9.17, 15) is 0 Å². The fraction of sp³-hybridized carbons (Fsp3) is 0.533. The molecular formula is C15H20N2O. The quantitative estimate of drug-likeness (QED) is 0.817. The molecule has 1 aliphatic rings. The van der Waals surface area contributed by atoms with Gasteiger partial charge in [-0.3, -0.25) is 0 Å². The highest BCUT2D eigenvalue weighted by atomic mass is 16.5. The summed E-state index contributed by atoms with van der Waals surface area (Å²) < 4.78 is 5.49. The average Bonchev–Trinajstić information content (AvgIpc) is 2.45. The number of piperidine rings is 1. The molecule has 3 heteroatoms. The van der Waals surface area contributed by atoms with Gasteiger partial charge in [-0.05, 0) is 37.8 Å². The van der Waals surface area contributed by atoms with Crippen LogP contribution in [0.25, 0.3) is 0 Å².